The molecule has 2 aromatic heterocycles. The number of nitrogens with zero attached hydrogens (tertiary/aromatic N) is 4. The second-order valence-electron chi connectivity index (χ2n) is 6.10. The number of hydrogen-bond donors (Lipinski definition) is 1. The van der Waals surface area contributed by atoms with Gasteiger partial charge in [-0.2, -0.15) is 0 Å². The van der Waals surface area contributed by atoms with Gasteiger partial charge in [-0.3, -0.25) is 13.9 Å². The molecule has 26 heavy (non-hydrogen) atoms. The third kappa shape index (κ3) is 2.80. The topological polar surface area (TPSA) is 80.4 Å². The van der Waals surface area contributed by atoms with E-state index in [1.54, 1.807) is 13.2 Å². The van der Waals surface area contributed by atoms with E-state index in [4.69, 9.17) is 0 Å². The van der Waals surface area contributed by atoms with Gasteiger partial charge in [0.05, 0.1) is 12.3 Å². The fraction of sp³-hybridized carbons (Fsp3) is 0.316. The Kier molecular flexibility index (Phi) is 4.90. The molecule has 0 amide bonds. The van der Waals surface area contributed by atoms with Crippen molar-refractivity contribution in [2.75, 3.05) is 18.1 Å². The Balaban J connectivity index is 2.46. The maximum Gasteiger partial charge on any atom is 0.332 e. The van der Waals surface area contributed by atoms with Crippen LogP contribution in [0.15, 0.2) is 46.1 Å². The maximum atomic E-state index is 13.0. The minimum absolute atomic E-state index is 0.0755. The second kappa shape index (κ2) is 7.13. The first-order valence-electron chi connectivity index (χ1n) is 8.52. The van der Waals surface area contributed by atoms with E-state index in [9.17, 15) is 14.7 Å². The highest BCUT2D eigenvalue weighted by Crippen LogP contribution is 2.32. The minimum Gasteiger partial charge on any atom is -0.395 e. The zero-order valence-corrected chi connectivity index (χ0v) is 15.1. The number of benzene rings is 1. The van der Waals surface area contributed by atoms with Gasteiger partial charge >= 0.3 is 5.69 Å². The molecule has 0 spiro atoms. The summed E-state index contributed by atoms with van der Waals surface area (Å²) in [6, 6.07) is 9.57. The van der Waals surface area contributed by atoms with E-state index < -0.39 is 5.69 Å². The Hall–Kier alpha value is -2.93. The van der Waals surface area contributed by atoms with Crippen LogP contribution in [0.25, 0.3) is 11.0 Å². The molecule has 0 atom stereocenters. The van der Waals surface area contributed by atoms with Gasteiger partial charge in [0.15, 0.2) is 5.65 Å². The third-order valence-electron chi connectivity index (χ3n) is 4.56. The molecule has 136 valence electrons. The number of pyridine rings is 1. The SMILES string of the molecule is CCc1cnc2c(c1N(CCO)c1ccccc1)c(=O)n(C)c(=O)n2C. The van der Waals surface area contributed by atoms with E-state index in [0.29, 0.717) is 29.7 Å². The number of fused-ring (bicyclic) bond motifs is 1. The molecular formula is C19H22N4O3. The van der Waals surface area contributed by atoms with E-state index in [2.05, 4.69) is 4.98 Å². The normalized spacial score (nSPS) is 11.1. The maximum absolute atomic E-state index is 13.0. The molecule has 0 saturated carbocycles. The third-order valence-corrected chi connectivity index (χ3v) is 4.56. The summed E-state index contributed by atoms with van der Waals surface area (Å²) in [6.45, 7) is 2.23. The average molecular weight is 354 g/mol. The molecule has 1 N–H and O–H groups in total. The van der Waals surface area contributed by atoms with Crippen LogP contribution in [0.3, 0.4) is 0 Å². The molecule has 0 bridgehead atoms. The lowest BCUT2D eigenvalue weighted by molar-refractivity contribution is 0.305. The van der Waals surface area contributed by atoms with E-state index in [1.165, 1.54) is 11.6 Å². The van der Waals surface area contributed by atoms with Crippen LogP contribution in [0.1, 0.15) is 12.5 Å². The summed E-state index contributed by atoms with van der Waals surface area (Å²) < 4.78 is 2.47. The van der Waals surface area contributed by atoms with Crippen LogP contribution in [-0.4, -0.2) is 32.4 Å². The van der Waals surface area contributed by atoms with E-state index in [-0.39, 0.29) is 12.2 Å². The Morgan fingerprint density at radius 1 is 1.12 bits per heavy atom. The molecule has 2 heterocycles. The summed E-state index contributed by atoms with van der Waals surface area (Å²) >= 11 is 0. The number of anilines is 2. The molecule has 1 aromatic carbocycles. The van der Waals surface area contributed by atoms with Crippen LogP contribution >= 0.6 is 0 Å². The zero-order valence-electron chi connectivity index (χ0n) is 15.1. The molecule has 7 nitrogen and oxygen atoms in total. The first kappa shape index (κ1) is 17.9. The van der Waals surface area contributed by atoms with Crippen molar-refractivity contribution >= 4 is 22.4 Å². The van der Waals surface area contributed by atoms with Crippen LogP contribution in [0.4, 0.5) is 11.4 Å². The van der Waals surface area contributed by atoms with Crippen molar-refractivity contribution in [2.24, 2.45) is 14.1 Å². The fourth-order valence-corrected chi connectivity index (χ4v) is 3.20. The Morgan fingerprint density at radius 2 is 1.81 bits per heavy atom. The summed E-state index contributed by atoms with van der Waals surface area (Å²) in [4.78, 5) is 31.5. The minimum atomic E-state index is -0.418. The van der Waals surface area contributed by atoms with Crippen molar-refractivity contribution < 1.29 is 5.11 Å². The van der Waals surface area contributed by atoms with Crippen LogP contribution in [0.2, 0.25) is 0 Å². The van der Waals surface area contributed by atoms with E-state index >= 15 is 0 Å². The monoisotopic (exact) mass is 354 g/mol. The van der Waals surface area contributed by atoms with Crippen molar-refractivity contribution in [3.8, 4) is 0 Å². The molecule has 3 rings (SSSR count). The summed E-state index contributed by atoms with van der Waals surface area (Å²) in [7, 11) is 3.07. The smallest absolute Gasteiger partial charge is 0.332 e. The molecule has 0 unspecified atom stereocenters. The lowest BCUT2D eigenvalue weighted by atomic mass is 10.1. The van der Waals surface area contributed by atoms with Gasteiger partial charge in [-0.05, 0) is 24.1 Å². The van der Waals surface area contributed by atoms with Crippen LogP contribution < -0.4 is 16.1 Å². The number of aromatic nitrogens is 3. The second-order valence-corrected chi connectivity index (χ2v) is 6.10. The predicted octanol–water partition coefficient (Wildman–Crippen LogP) is 1.32. The molecule has 0 aliphatic heterocycles. The molecule has 0 saturated heterocycles. The standard InChI is InChI=1S/C19H22N4O3/c1-4-13-12-20-17-15(18(25)22(3)19(26)21(17)2)16(13)23(10-11-24)14-8-6-5-7-9-14/h5-9,12,24H,4,10-11H2,1-3H3. The molecule has 0 aliphatic rings. The number of aliphatic hydroxyl groups excluding tert-OH is 1. The fourth-order valence-electron chi connectivity index (χ4n) is 3.20. The van der Waals surface area contributed by atoms with Crippen molar-refractivity contribution in [2.45, 2.75) is 13.3 Å². The van der Waals surface area contributed by atoms with Gasteiger partial charge in [-0.15, -0.1) is 0 Å². The average Bonchev–Trinajstić information content (AvgIpc) is 2.68. The van der Waals surface area contributed by atoms with Crippen LogP contribution in [0.5, 0.6) is 0 Å². The first-order valence-corrected chi connectivity index (χ1v) is 8.52. The molecule has 0 aliphatic carbocycles. The quantitative estimate of drug-likeness (QED) is 0.748. The number of aryl methyl sites for hydroxylation is 2. The first-order chi connectivity index (χ1) is 12.5. The summed E-state index contributed by atoms with van der Waals surface area (Å²) in [6.07, 6.45) is 2.36. The van der Waals surface area contributed by atoms with Gasteiger partial charge in [0.1, 0.15) is 5.39 Å². The van der Waals surface area contributed by atoms with Crippen LogP contribution in [0, 0.1) is 0 Å². The molecule has 0 radical (unpaired) electrons. The predicted molar refractivity (Wildman–Crippen MR) is 102 cm³/mol. The number of rotatable bonds is 5. The summed E-state index contributed by atoms with van der Waals surface area (Å²) in [5.74, 6) is 0. The van der Waals surface area contributed by atoms with Gasteiger partial charge < -0.3 is 10.0 Å². The Labute approximate surface area is 150 Å². The van der Waals surface area contributed by atoms with E-state index in [0.717, 1.165) is 15.8 Å². The summed E-state index contributed by atoms with van der Waals surface area (Å²) in [5, 5.41) is 10.0. The molecule has 0 fully saturated rings. The highest BCUT2D eigenvalue weighted by molar-refractivity contribution is 5.93. The molecular weight excluding hydrogens is 332 g/mol. The van der Waals surface area contributed by atoms with Crippen LogP contribution in [-0.2, 0) is 20.5 Å². The highest BCUT2D eigenvalue weighted by Gasteiger charge is 2.21. The van der Waals surface area contributed by atoms with E-state index in [1.807, 2.05) is 42.2 Å². The highest BCUT2D eigenvalue weighted by atomic mass is 16.3. The lowest BCUT2D eigenvalue weighted by Crippen LogP contribution is -2.38. The number of aliphatic hydroxyl groups is 1. The van der Waals surface area contributed by atoms with Crippen molar-refractivity contribution in [1.29, 1.82) is 0 Å². The van der Waals surface area contributed by atoms with Crippen molar-refractivity contribution in [3.63, 3.8) is 0 Å². The van der Waals surface area contributed by atoms with Gasteiger partial charge in [-0.1, -0.05) is 25.1 Å². The van der Waals surface area contributed by atoms with Crippen molar-refractivity contribution in [3.05, 3.63) is 62.9 Å². The van der Waals surface area contributed by atoms with Gasteiger partial charge in [0, 0.05) is 32.5 Å². The Bertz CT molecular complexity index is 1050. The largest absolute Gasteiger partial charge is 0.395 e. The Morgan fingerprint density at radius 3 is 2.42 bits per heavy atom. The number of para-hydroxylation sites is 1. The molecule has 3 aromatic rings. The molecule has 7 heteroatoms. The summed E-state index contributed by atoms with van der Waals surface area (Å²) in [5.41, 5.74) is 1.96. The van der Waals surface area contributed by atoms with Crippen molar-refractivity contribution in [1.82, 2.24) is 14.1 Å². The van der Waals surface area contributed by atoms with Gasteiger partial charge in [-0.25, -0.2) is 9.78 Å². The van der Waals surface area contributed by atoms with Gasteiger partial charge in [0.2, 0.25) is 0 Å². The van der Waals surface area contributed by atoms with Gasteiger partial charge in [0.25, 0.3) is 5.56 Å². The zero-order chi connectivity index (χ0) is 18.8. The lowest BCUT2D eigenvalue weighted by Gasteiger charge is -2.27. The number of hydrogen-bond acceptors (Lipinski definition) is 5.